The van der Waals surface area contributed by atoms with E-state index < -0.39 is 6.10 Å². The van der Waals surface area contributed by atoms with E-state index in [1.54, 1.807) is 6.08 Å². The van der Waals surface area contributed by atoms with Gasteiger partial charge in [0.05, 0.1) is 6.10 Å². The molecule has 0 radical (unpaired) electrons. The third-order valence-corrected chi connectivity index (χ3v) is 2.48. The Morgan fingerprint density at radius 1 is 1.53 bits per heavy atom. The topological polar surface area (TPSA) is 33.1 Å². The van der Waals surface area contributed by atoms with E-state index in [4.69, 9.17) is 0 Å². The number of allylic oxidation sites excluding steroid dienone is 3. The van der Waals surface area contributed by atoms with Crippen LogP contribution in [0.4, 0.5) is 0 Å². The summed E-state index contributed by atoms with van der Waals surface area (Å²) in [5.74, 6) is 0. The minimum atomic E-state index is -0.557. The van der Waals surface area contributed by atoms with E-state index in [2.05, 4.69) is 11.6 Å². The van der Waals surface area contributed by atoms with Gasteiger partial charge in [0, 0.05) is 18.3 Å². The van der Waals surface area contributed by atoms with Gasteiger partial charge in [-0.15, -0.1) is 0 Å². The van der Waals surface area contributed by atoms with Crippen molar-refractivity contribution in [1.82, 2.24) is 4.98 Å². The van der Waals surface area contributed by atoms with Crippen LogP contribution >= 0.6 is 0 Å². The standard InChI is InChI=1S/C15H19NO/c1-4-6-7-13(5-2)15(17)10-14-9-8-12(3)11-16-14/h4-9,11,15,17H,2,10H2,1,3H3/b6-4-,13-7+. The second kappa shape index (κ2) is 6.81. The molecule has 0 fully saturated rings. The van der Waals surface area contributed by atoms with E-state index in [-0.39, 0.29) is 0 Å². The maximum absolute atomic E-state index is 10.0. The van der Waals surface area contributed by atoms with Gasteiger partial charge in [-0.25, -0.2) is 0 Å². The lowest BCUT2D eigenvalue weighted by Crippen LogP contribution is -2.13. The molecule has 0 aliphatic heterocycles. The smallest absolute Gasteiger partial charge is 0.0845 e. The van der Waals surface area contributed by atoms with Crippen LogP contribution in [0.15, 0.2) is 54.8 Å². The van der Waals surface area contributed by atoms with Gasteiger partial charge in [0.15, 0.2) is 0 Å². The average Bonchev–Trinajstić information content (AvgIpc) is 2.33. The number of pyridine rings is 1. The molecule has 0 aromatic carbocycles. The first-order chi connectivity index (χ1) is 8.17. The van der Waals surface area contributed by atoms with E-state index in [0.29, 0.717) is 6.42 Å². The Kier molecular flexibility index (Phi) is 5.37. The van der Waals surface area contributed by atoms with Crippen molar-refractivity contribution in [2.24, 2.45) is 0 Å². The highest BCUT2D eigenvalue weighted by Crippen LogP contribution is 2.10. The van der Waals surface area contributed by atoms with Crippen LogP contribution < -0.4 is 0 Å². The molecule has 0 saturated heterocycles. The number of aromatic nitrogens is 1. The van der Waals surface area contributed by atoms with Crippen molar-refractivity contribution in [2.75, 3.05) is 0 Å². The highest BCUT2D eigenvalue weighted by molar-refractivity contribution is 5.27. The molecule has 0 spiro atoms. The van der Waals surface area contributed by atoms with Crippen LogP contribution in [0.25, 0.3) is 0 Å². The van der Waals surface area contributed by atoms with Crippen LogP contribution in [0.3, 0.4) is 0 Å². The highest BCUT2D eigenvalue weighted by atomic mass is 16.3. The molecule has 0 aliphatic carbocycles. The SMILES string of the molecule is C=C/C(=C\C=C/C)C(O)Cc1ccc(C)cn1. The van der Waals surface area contributed by atoms with E-state index in [1.807, 2.05) is 50.4 Å². The molecule has 0 saturated carbocycles. The molecule has 1 aromatic heterocycles. The molecule has 1 unspecified atom stereocenters. The largest absolute Gasteiger partial charge is 0.388 e. The number of aliphatic hydroxyl groups is 1. The lowest BCUT2D eigenvalue weighted by atomic mass is 10.0. The van der Waals surface area contributed by atoms with Gasteiger partial charge in [0.1, 0.15) is 0 Å². The molecule has 0 amide bonds. The molecule has 1 rings (SSSR count). The number of hydrogen-bond acceptors (Lipinski definition) is 2. The van der Waals surface area contributed by atoms with Crippen LogP contribution in [0, 0.1) is 6.92 Å². The molecule has 1 aromatic rings. The minimum absolute atomic E-state index is 0.510. The van der Waals surface area contributed by atoms with Gasteiger partial charge in [0.2, 0.25) is 0 Å². The lowest BCUT2D eigenvalue weighted by Gasteiger charge is -2.11. The first kappa shape index (κ1) is 13.4. The molecule has 90 valence electrons. The fraction of sp³-hybridized carbons (Fsp3) is 0.267. The zero-order valence-corrected chi connectivity index (χ0v) is 10.4. The third-order valence-electron chi connectivity index (χ3n) is 2.48. The molecule has 0 bridgehead atoms. The summed E-state index contributed by atoms with van der Waals surface area (Å²) in [5, 5.41) is 10.0. The second-order valence-electron chi connectivity index (χ2n) is 3.94. The quantitative estimate of drug-likeness (QED) is 0.787. The number of rotatable bonds is 5. The molecule has 0 aliphatic rings. The maximum atomic E-state index is 10.0. The van der Waals surface area contributed by atoms with Crippen LogP contribution in [0.2, 0.25) is 0 Å². The van der Waals surface area contributed by atoms with Gasteiger partial charge in [-0.2, -0.15) is 0 Å². The fourth-order valence-corrected chi connectivity index (χ4v) is 1.46. The molecular formula is C15H19NO. The summed E-state index contributed by atoms with van der Waals surface area (Å²) >= 11 is 0. The number of aliphatic hydroxyl groups excluding tert-OH is 1. The van der Waals surface area contributed by atoms with Crippen LogP contribution in [-0.2, 0) is 6.42 Å². The Labute approximate surface area is 103 Å². The van der Waals surface area contributed by atoms with Crippen LogP contribution in [0.5, 0.6) is 0 Å². The Morgan fingerprint density at radius 3 is 2.82 bits per heavy atom. The first-order valence-corrected chi connectivity index (χ1v) is 5.72. The minimum Gasteiger partial charge on any atom is -0.388 e. The van der Waals surface area contributed by atoms with Gasteiger partial charge in [-0.05, 0) is 31.1 Å². The van der Waals surface area contributed by atoms with Crippen LogP contribution in [0.1, 0.15) is 18.2 Å². The summed E-state index contributed by atoms with van der Waals surface area (Å²) in [4.78, 5) is 4.28. The molecule has 1 heterocycles. The summed E-state index contributed by atoms with van der Waals surface area (Å²) in [7, 11) is 0. The number of hydrogen-bond donors (Lipinski definition) is 1. The summed E-state index contributed by atoms with van der Waals surface area (Å²) in [6.45, 7) is 7.64. The second-order valence-corrected chi connectivity index (χ2v) is 3.94. The van der Waals surface area contributed by atoms with E-state index in [1.165, 1.54) is 0 Å². The van der Waals surface area contributed by atoms with Gasteiger partial charge in [0.25, 0.3) is 0 Å². The first-order valence-electron chi connectivity index (χ1n) is 5.72. The lowest BCUT2D eigenvalue weighted by molar-refractivity contribution is 0.214. The summed E-state index contributed by atoms with van der Waals surface area (Å²) in [6, 6.07) is 3.94. The predicted octanol–water partition coefficient (Wildman–Crippen LogP) is 2.98. The van der Waals surface area contributed by atoms with Gasteiger partial charge < -0.3 is 5.11 Å². The number of nitrogens with zero attached hydrogens (tertiary/aromatic N) is 1. The Bertz CT molecular complexity index is 415. The zero-order valence-electron chi connectivity index (χ0n) is 10.4. The highest BCUT2D eigenvalue weighted by Gasteiger charge is 2.09. The molecule has 17 heavy (non-hydrogen) atoms. The van der Waals surface area contributed by atoms with Gasteiger partial charge in [-0.3, -0.25) is 4.98 Å². The molecule has 2 nitrogen and oxygen atoms in total. The molecule has 2 heteroatoms. The van der Waals surface area contributed by atoms with Crippen molar-refractivity contribution in [3.8, 4) is 0 Å². The third kappa shape index (κ3) is 4.37. The van der Waals surface area contributed by atoms with Crippen molar-refractivity contribution in [2.45, 2.75) is 26.4 Å². The Balaban J connectivity index is 2.73. The summed E-state index contributed by atoms with van der Waals surface area (Å²) in [5.41, 5.74) is 2.82. The predicted molar refractivity (Wildman–Crippen MR) is 71.8 cm³/mol. The van der Waals surface area contributed by atoms with Gasteiger partial charge in [-0.1, -0.05) is 36.9 Å². The van der Waals surface area contributed by atoms with E-state index >= 15 is 0 Å². The normalized spacial score (nSPS) is 13.9. The molecule has 1 atom stereocenters. The Morgan fingerprint density at radius 2 is 2.29 bits per heavy atom. The Hall–Kier alpha value is -1.67. The fourth-order valence-electron chi connectivity index (χ4n) is 1.46. The van der Waals surface area contributed by atoms with Crippen molar-refractivity contribution < 1.29 is 5.11 Å². The van der Waals surface area contributed by atoms with Crippen molar-refractivity contribution >= 4 is 0 Å². The monoisotopic (exact) mass is 229 g/mol. The van der Waals surface area contributed by atoms with E-state index in [9.17, 15) is 5.11 Å². The summed E-state index contributed by atoms with van der Waals surface area (Å²) < 4.78 is 0. The number of aryl methyl sites for hydroxylation is 1. The zero-order chi connectivity index (χ0) is 12.7. The van der Waals surface area contributed by atoms with Crippen molar-refractivity contribution in [3.63, 3.8) is 0 Å². The maximum Gasteiger partial charge on any atom is 0.0845 e. The van der Waals surface area contributed by atoms with E-state index in [0.717, 1.165) is 16.8 Å². The molecule has 1 N–H and O–H groups in total. The average molecular weight is 229 g/mol. The van der Waals surface area contributed by atoms with Crippen molar-refractivity contribution in [1.29, 1.82) is 0 Å². The molecular weight excluding hydrogens is 210 g/mol. The summed E-state index contributed by atoms with van der Waals surface area (Å²) in [6.07, 6.45) is 9.12. The van der Waals surface area contributed by atoms with Gasteiger partial charge >= 0.3 is 0 Å². The van der Waals surface area contributed by atoms with Crippen LogP contribution in [-0.4, -0.2) is 16.2 Å². The van der Waals surface area contributed by atoms with Crippen molar-refractivity contribution in [3.05, 3.63) is 66.0 Å².